The Labute approximate surface area is 181 Å². The molecule has 3 heteroatoms. The van der Waals surface area contributed by atoms with E-state index in [-0.39, 0.29) is 5.97 Å². The van der Waals surface area contributed by atoms with Crippen molar-refractivity contribution >= 4 is 38.5 Å². The highest BCUT2D eigenvalue weighted by molar-refractivity contribution is 6.25. The fourth-order valence-electron chi connectivity index (χ4n) is 4.47. The minimum Gasteiger partial charge on any atom is -0.462 e. The summed E-state index contributed by atoms with van der Waals surface area (Å²) in [6.07, 6.45) is 1.87. The van der Waals surface area contributed by atoms with Crippen molar-refractivity contribution < 1.29 is 9.53 Å². The van der Waals surface area contributed by atoms with E-state index in [4.69, 9.17) is 4.74 Å². The Morgan fingerprint density at radius 3 is 2.45 bits per heavy atom. The molecular formula is C28H25NO2. The summed E-state index contributed by atoms with van der Waals surface area (Å²) in [6.45, 7) is 2.54. The lowest BCUT2D eigenvalue weighted by molar-refractivity contribution is 0.0502. The van der Waals surface area contributed by atoms with E-state index >= 15 is 0 Å². The fourth-order valence-corrected chi connectivity index (χ4v) is 4.47. The predicted octanol–water partition coefficient (Wildman–Crippen LogP) is 7.11. The smallest absolute Gasteiger partial charge is 0.340 e. The number of benzene rings is 4. The molecule has 154 valence electrons. The molecule has 1 aromatic heterocycles. The molecule has 0 atom stereocenters. The van der Waals surface area contributed by atoms with Crippen molar-refractivity contribution in [2.45, 2.75) is 19.8 Å². The monoisotopic (exact) mass is 407 g/mol. The van der Waals surface area contributed by atoms with Gasteiger partial charge in [0.05, 0.1) is 17.7 Å². The van der Waals surface area contributed by atoms with E-state index in [1.807, 2.05) is 37.4 Å². The molecule has 1 heterocycles. The second kappa shape index (κ2) is 7.92. The standard InChI is InChI=1S/C28H25NO2/c1-3-4-16-31-28(30)24-18-21-17-20(19-10-6-5-7-11-19)14-15-22(21)26-23-12-8-9-13-25(23)29(2)27(24)26/h5-15,17-18H,3-4,16H2,1-2H3. The lowest BCUT2D eigenvalue weighted by Crippen LogP contribution is -2.08. The van der Waals surface area contributed by atoms with E-state index in [2.05, 4.69) is 60.0 Å². The molecule has 0 N–H and O–H groups in total. The van der Waals surface area contributed by atoms with Crippen LogP contribution in [0.1, 0.15) is 30.1 Å². The number of fused-ring (bicyclic) bond motifs is 5. The Kier molecular flexibility index (Phi) is 4.95. The Bertz CT molecular complexity index is 1410. The third kappa shape index (κ3) is 3.27. The highest BCUT2D eigenvalue weighted by Crippen LogP contribution is 2.38. The lowest BCUT2D eigenvalue weighted by Gasteiger charge is -2.11. The molecule has 0 aliphatic carbocycles. The van der Waals surface area contributed by atoms with Gasteiger partial charge in [0.1, 0.15) is 0 Å². The Balaban J connectivity index is 1.81. The zero-order valence-electron chi connectivity index (χ0n) is 17.9. The molecule has 0 radical (unpaired) electrons. The summed E-state index contributed by atoms with van der Waals surface area (Å²) in [7, 11) is 2.03. The molecule has 0 aliphatic heterocycles. The van der Waals surface area contributed by atoms with Crippen LogP contribution in [0, 0.1) is 0 Å². The highest BCUT2D eigenvalue weighted by atomic mass is 16.5. The Hall–Kier alpha value is -3.59. The second-order valence-electron chi connectivity index (χ2n) is 8.02. The predicted molar refractivity (Wildman–Crippen MR) is 129 cm³/mol. The van der Waals surface area contributed by atoms with Crippen LogP contribution in [-0.2, 0) is 11.8 Å². The van der Waals surface area contributed by atoms with Crippen LogP contribution in [0.4, 0.5) is 0 Å². The molecular weight excluding hydrogens is 382 g/mol. The van der Waals surface area contributed by atoms with Gasteiger partial charge in [-0.05, 0) is 46.5 Å². The number of carbonyl (C=O) groups excluding carboxylic acids is 1. The number of aromatic nitrogens is 1. The van der Waals surface area contributed by atoms with Gasteiger partial charge in [-0.25, -0.2) is 4.79 Å². The van der Waals surface area contributed by atoms with E-state index in [9.17, 15) is 4.79 Å². The van der Waals surface area contributed by atoms with E-state index in [0.29, 0.717) is 12.2 Å². The van der Waals surface area contributed by atoms with Crippen LogP contribution in [0.3, 0.4) is 0 Å². The molecule has 0 spiro atoms. The van der Waals surface area contributed by atoms with Gasteiger partial charge in [-0.2, -0.15) is 0 Å². The molecule has 5 aromatic rings. The molecule has 0 unspecified atom stereocenters. The molecule has 0 aliphatic rings. The number of hydrogen-bond donors (Lipinski definition) is 0. The Morgan fingerprint density at radius 2 is 1.65 bits per heavy atom. The average Bonchev–Trinajstić information content (AvgIpc) is 3.12. The molecule has 31 heavy (non-hydrogen) atoms. The highest BCUT2D eigenvalue weighted by Gasteiger charge is 2.20. The number of para-hydroxylation sites is 1. The number of nitrogens with zero attached hydrogens (tertiary/aromatic N) is 1. The number of rotatable bonds is 5. The largest absolute Gasteiger partial charge is 0.462 e. The van der Waals surface area contributed by atoms with Gasteiger partial charge in [0.25, 0.3) is 0 Å². The summed E-state index contributed by atoms with van der Waals surface area (Å²) in [5.74, 6) is -0.253. The maximum absolute atomic E-state index is 13.1. The molecule has 0 bridgehead atoms. The number of unbranched alkanes of at least 4 members (excludes halogenated alkanes) is 1. The van der Waals surface area contributed by atoms with Crippen molar-refractivity contribution in [2.75, 3.05) is 6.61 Å². The second-order valence-corrected chi connectivity index (χ2v) is 8.02. The Morgan fingerprint density at radius 1 is 0.871 bits per heavy atom. The van der Waals surface area contributed by atoms with Crippen LogP contribution >= 0.6 is 0 Å². The third-order valence-electron chi connectivity index (χ3n) is 6.04. The van der Waals surface area contributed by atoms with Crippen LogP contribution in [0.5, 0.6) is 0 Å². The molecule has 0 saturated carbocycles. The summed E-state index contributed by atoms with van der Waals surface area (Å²) in [5, 5.41) is 4.46. The molecule has 3 nitrogen and oxygen atoms in total. The lowest BCUT2D eigenvalue weighted by atomic mass is 9.96. The zero-order valence-corrected chi connectivity index (χ0v) is 17.9. The number of esters is 1. The summed E-state index contributed by atoms with van der Waals surface area (Å²) in [6, 6.07) is 27.2. The van der Waals surface area contributed by atoms with Gasteiger partial charge in [0, 0.05) is 23.3 Å². The van der Waals surface area contributed by atoms with Gasteiger partial charge < -0.3 is 9.30 Å². The molecule has 0 amide bonds. The normalized spacial score (nSPS) is 11.4. The summed E-state index contributed by atoms with van der Waals surface area (Å²) >= 11 is 0. The van der Waals surface area contributed by atoms with Crippen molar-refractivity contribution in [3.8, 4) is 11.1 Å². The van der Waals surface area contributed by atoms with E-state index < -0.39 is 0 Å². The van der Waals surface area contributed by atoms with Crippen LogP contribution < -0.4 is 0 Å². The molecule has 0 saturated heterocycles. The first kappa shape index (κ1) is 19.4. The van der Waals surface area contributed by atoms with Gasteiger partial charge in [0.15, 0.2) is 0 Å². The van der Waals surface area contributed by atoms with Crippen LogP contribution in [-0.4, -0.2) is 17.1 Å². The SMILES string of the molecule is CCCCOC(=O)c1cc2cc(-c3ccccc3)ccc2c2c3ccccc3n(C)c12. The van der Waals surface area contributed by atoms with Crippen LogP contribution in [0.2, 0.25) is 0 Å². The van der Waals surface area contributed by atoms with E-state index in [1.165, 1.54) is 0 Å². The number of carbonyl (C=O) groups is 1. The van der Waals surface area contributed by atoms with Crippen molar-refractivity contribution in [1.82, 2.24) is 4.57 Å². The van der Waals surface area contributed by atoms with Gasteiger partial charge in [-0.3, -0.25) is 0 Å². The first-order chi connectivity index (χ1) is 15.2. The minimum atomic E-state index is -0.253. The van der Waals surface area contributed by atoms with Gasteiger partial charge in [0.2, 0.25) is 0 Å². The van der Waals surface area contributed by atoms with Crippen molar-refractivity contribution in [3.63, 3.8) is 0 Å². The first-order valence-corrected chi connectivity index (χ1v) is 10.9. The number of aryl methyl sites for hydroxylation is 1. The minimum absolute atomic E-state index is 0.253. The maximum atomic E-state index is 13.1. The summed E-state index contributed by atoms with van der Waals surface area (Å²) in [5.41, 5.74) is 4.97. The molecule has 4 aromatic carbocycles. The summed E-state index contributed by atoms with van der Waals surface area (Å²) < 4.78 is 7.76. The van der Waals surface area contributed by atoms with E-state index in [1.54, 1.807) is 0 Å². The fraction of sp³-hybridized carbons (Fsp3) is 0.179. The first-order valence-electron chi connectivity index (χ1n) is 10.9. The van der Waals surface area contributed by atoms with Gasteiger partial charge >= 0.3 is 5.97 Å². The quantitative estimate of drug-likeness (QED) is 0.230. The average molecular weight is 408 g/mol. The van der Waals surface area contributed by atoms with Crippen molar-refractivity contribution in [2.24, 2.45) is 7.05 Å². The van der Waals surface area contributed by atoms with Crippen LogP contribution in [0.25, 0.3) is 43.7 Å². The zero-order chi connectivity index (χ0) is 21.4. The van der Waals surface area contributed by atoms with E-state index in [0.717, 1.165) is 56.5 Å². The van der Waals surface area contributed by atoms with Gasteiger partial charge in [-0.1, -0.05) is 74.0 Å². The number of ether oxygens (including phenoxy) is 1. The third-order valence-corrected chi connectivity index (χ3v) is 6.04. The number of hydrogen-bond acceptors (Lipinski definition) is 2. The van der Waals surface area contributed by atoms with Gasteiger partial charge in [-0.15, -0.1) is 0 Å². The molecule has 5 rings (SSSR count). The van der Waals surface area contributed by atoms with Crippen LogP contribution in [0.15, 0.2) is 78.9 Å². The topological polar surface area (TPSA) is 31.2 Å². The molecule has 0 fully saturated rings. The maximum Gasteiger partial charge on any atom is 0.340 e. The van der Waals surface area contributed by atoms with Crippen molar-refractivity contribution in [3.05, 3.63) is 84.4 Å². The van der Waals surface area contributed by atoms with Crippen molar-refractivity contribution in [1.29, 1.82) is 0 Å². The summed E-state index contributed by atoms with van der Waals surface area (Å²) in [4.78, 5) is 13.1.